The number of hydrogen-bond acceptors (Lipinski definition) is 2. The Hall–Kier alpha value is -0.780. The van der Waals surface area contributed by atoms with Crippen molar-refractivity contribution in [3.8, 4) is 0 Å². The summed E-state index contributed by atoms with van der Waals surface area (Å²) in [4.78, 5) is 11.2. The fourth-order valence-electron chi connectivity index (χ4n) is 1.66. The van der Waals surface area contributed by atoms with Gasteiger partial charge in [-0.25, -0.2) is 0 Å². The second-order valence-corrected chi connectivity index (χ2v) is 4.15. The van der Waals surface area contributed by atoms with Crippen LogP contribution in [0.15, 0.2) is 0 Å². The van der Waals surface area contributed by atoms with E-state index < -0.39 is 12.1 Å². The fraction of sp³-hybridized carbons (Fsp3) is 0.900. The maximum Gasteiger partial charge on any atom is 0.391 e. The fourth-order valence-corrected chi connectivity index (χ4v) is 1.66. The van der Waals surface area contributed by atoms with Crippen molar-refractivity contribution in [1.29, 1.82) is 0 Å². The van der Waals surface area contributed by atoms with Gasteiger partial charge in [-0.05, 0) is 25.8 Å². The Morgan fingerprint density at radius 3 is 2.50 bits per heavy atom. The molecule has 0 saturated heterocycles. The number of rotatable bonds is 5. The quantitative estimate of drug-likeness (QED) is 0.712. The Labute approximate surface area is 92.8 Å². The average molecular weight is 238 g/mol. The molecule has 0 unspecified atom stereocenters. The van der Waals surface area contributed by atoms with E-state index in [0.29, 0.717) is 0 Å². The van der Waals surface area contributed by atoms with Gasteiger partial charge in [0.25, 0.3) is 0 Å². The van der Waals surface area contributed by atoms with Crippen LogP contribution in [-0.2, 0) is 4.79 Å². The van der Waals surface area contributed by atoms with Crippen molar-refractivity contribution in [2.24, 2.45) is 5.92 Å². The molecule has 16 heavy (non-hydrogen) atoms. The van der Waals surface area contributed by atoms with E-state index in [1.807, 2.05) is 6.92 Å². The molecule has 1 aliphatic rings. The van der Waals surface area contributed by atoms with Crippen LogP contribution in [0.1, 0.15) is 26.2 Å². The highest BCUT2D eigenvalue weighted by molar-refractivity contribution is 5.78. The molecular formula is C10H17F3N2O. The van der Waals surface area contributed by atoms with Crippen LogP contribution in [0.4, 0.5) is 13.2 Å². The Bertz CT molecular complexity index is 237. The Morgan fingerprint density at radius 1 is 1.38 bits per heavy atom. The molecule has 94 valence electrons. The molecule has 1 rings (SSSR count). The lowest BCUT2D eigenvalue weighted by atomic mass is 9.80. The molecule has 0 spiro atoms. The van der Waals surface area contributed by atoms with Gasteiger partial charge in [0.1, 0.15) is 0 Å². The molecular weight excluding hydrogens is 221 g/mol. The number of nitrogens with one attached hydrogen (secondary N) is 2. The minimum absolute atomic E-state index is 0.0169. The van der Waals surface area contributed by atoms with Gasteiger partial charge in [-0.3, -0.25) is 4.79 Å². The highest BCUT2D eigenvalue weighted by Crippen LogP contribution is 2.40. The maximum atomic E-state index is 12.1. The lowest BCUT2D eigenvalue weighted by Crippen LogP contribution is -2.50. The highest BCUT2D eigenvalue weighted by Gasteiger charge is 2.48. The molecule has 0 aromatic heterocycles. The molecule has 1 amide bonds. The van der Waals surface area contributed by atoms with E-state index in [-0.39, 0.29) is 31.3 Å². The average Bonchev–Trinajstić information content (AvgIpc) is 2.09. The smallest absolute Gasteiger partial charge is 0.352 e. The van der Waals surface area contributed by atoms with E-state index in [1.54, 1.807) is 0 Å². The van der Waals surface area contributed by atoms with Crippen molar-refractivity contribution >= 4 is 5.91 Å². The Morgan fingerprint density at radius 2 is 2.00 bits per heavy atom. The van der Waals surface area contributed by atoms with E-state index >= 15 is 0 Å². The zero-order chi connectivity index (χ0) is 12.2. The highest BCUT2D eigenvalue weighted by atomic mass is 19.4. The van der Waals surface area contributed by atoms with Gasteiger partial charge in [0.15, 0.2) is 0 Å². The third kappa shape index (κ3) is 4.00. The van der Waals surface area contributed by atoms with E-state index in [2.05, 4.69) is 10.6 Å². The first-order chi connectivity index (χ1) is 7.43. The molecule has 0 aromatic carbocycles. The molecule has 0 aromatic rings. The SMILES string of the molecule is CCCNCC(=O)NC1CC(C(F)(F)F)C1. The van der Waals surface area contributed by atoms with Gasteiger partial charge in [0, 0.05) is 6.04 Å². The van der Waals surface area contributed by atoms with Gasteiger partial charge in [0.2, 0.25) is 5.91 Å². The predicted octanol–water partition coefficient (Wildman–Crippen LogP) is 1.44. The molecule has 1 fully saturated rings. The summed E-state index contributed by atoms with van der Waals surface area (Å²) in [5.41, 5.74) is 0. The number of amides is 1. The standard InChI is InChI=1S/C10H17F3N2O/c1-2-3-14-6-9(16)15-8-4-7(5-8)10(11,12)13/h7-8,14H,2-6H2,1H3,(H,15,16). The molecule has 0 atom stereocenters. The molecule has 0 aliphatic heterocycles. The van der Waals surface area contributed by atoms with Crippen molar-refractivity contribution in [3.05, 3.63) is 0 Å². The number of alkyl halides is 3. The van der Waals surface area contributed by atoms with Gasteiger partial charge in [0.05, 0.1) is 12.5 Å². The van der Waals surface area contributed by atoms with Crippen molar-refractivity contribution in [3.63, 3.8) is 0 Å². The normalized spacial score (nSPS) is 25.0. The molecule has 0 bridgehead atoms. The van der Waals surface area contributed by atoms with Crippen molar-refractivity contribution in [1.82, 2.24) is 10.6 Å². The van der Waals surface area contributed by atoms with Gasteiger partial charge >= 0.3 is 6.18 Å². The largest absolute Gasteiger partial charge is 0.391 e. The first-order valence-corrected chi connectivity index (χ1v) is 5.50. The van der Waals surface area contributed by atoms with Gasteiger partial charge in [-0.15, -0.1) is 0 Å². The summed E-state index contributed by atoms with van der Waals surface area (Å²) in [6.07, 6.45) is -3.15. The number of carbonyl (C=O) groups is 1. The topological polar surface area (TPSA) is 41.1 Å². The molecule has 6 heteroatoms. The van der Waals surface area contributed by atoms with Crippen LogP contribution in [0.2, 0.25) is 0 Å². The summed E-state index contributed by atoms with van der Waals surface area (Å²) in [6, 6.07) is -0.303. The van der Waals surface area contributed by atoms with E-state index in [0.717, 1.165) is 13.0 Å². The summed E-state index contributed by atoms with van der Waals surface area (Å²) in [7, 11) is 0. The van der Waals surface area contributed by atoms with Crippen LogP contribution >= 0.6 is 0 Å². The number of carbonyl (C=O) groups excluding carboxylic acids is 1. The van der Waals surface area contributed by atoms with Gasteiger partial charge < -0.3 is 10.6 Å². The summed E-state index contributed by atoms with van der Waals surface area (Å²) in [5, 5.41) is 5.47. The summed E-state index contributed by atoms with van der Waals surface area (Å²) in [6.45, 7) is 2.90. The van der Waals surface area contributed by atoms with Crippen LogP contribution in [0.5, 0.6) is 0 Å². The van der Waals surface area contributed by atoms with Crippen LogP contribution in [-0.4, -0.2) is 31.2 Å². The molecule has 1 aliphatic carbocycles. The van der Waals surface area contributed by atoms with Crippen molar-refractivity contribution in [2.45, 2.75) is 38.4 Å². The van der Waals surface area contributed by atoms with E-state index in [4.69, 9.17) is 0 Å². The van der Waals surface area contributed by atoms with E-state index in [1.165, 1.54) is 0 Å². The third-order valence-electron chi connectivity index (χ3n) is 2.68. The zero-order valence-corrected chi connectivity index (χ0v) is 9.23. The first kappa shape index (κ1) is 13.3. The molecule has 0 heterocycles. The van der Waals surface area contributed by atoms with Crippen molar-refractivity contribution < 1.29 is 18.0 Å². The summed E-state index contributed by atoms with van der Waals surface area (Å²) < 4.78 is 36.4. The van der Waals surface area contributed by atoms with Crippen molar-refractivity contribution in [2.75, 3.05) is 13.1 Å². The molecule has 1 saturated carbocycles. The molecule has 3 nitrogen and oxygen atoms in total. The number of hydrogen-bond donors (Lipinski definition) is 2. The Kier molecular flexibility index (Phi) is 4.58. The number of halogens is 3. The lowest BCUT2D eigenvalue weighted by molar-refractivity contribution is -0.199. The predicted molar refractivity (Wildman–Crippen MR) is 53.9 cm³/mol. The first-order valence-electron chi connectivity index (χ1n) is 5.50. The van der Waals surface area contributed by atoms with E-state index in [9.17, 15) is 18.0 Å². The lowest BCUT2D eigenvalue weighted by Gasteiger charge is -2.36. The Balaban J connectivity index is 2.10. The summed E-state index contributed by atoms with van der Waals surface area (Å²) in [5.74, 6) is -1.46. The second kappa shape index (κ2) is 5.52. The molecule has 2 N–H and O–H groups in total. The zero-order valence-electron chi connectivity index (χ0n) is 9.23. The van der Waals surface area contributed by atoms with Crippen LogP contribution in [0.25, 0.3) is 0 Å². The monoisotopic (exact) mass is 238 g/mol. The van der Waals surface area contributed by atoms with Crippen LogP contribution < -0.4 is 10.6 Å². The van der Waals surface area contributed by atoms with Gasteiger partial charge in [-0.2, -0.15) is 13.2 Å². The molecule has 0 radical (unpaired) electrons. The third-order valence-corrected chi connectivity index (χ3v) is 2.68. The minimum Gasteiger partial charge on any atom is -0.352 e. The van der Waals surface area contributed by atoms with Gasteiger partial charge in [-0.1, -0.05) is 6.92 Å². The minimum atomic E-state index is -4.11. The van der Waals surface area contributed by atoms with Crippen LogP contribution in [0.3, 0.4) is 0 Å². The van der Waals surface area contributed by atoms with Crippen LogP contribution in [0, 0.1) is 5.92 Å². The summed E-state index contributed by atoms with van der Waals surface area (Å²) >= 11 is 0. The second-order valence-electron chi connectivity index (χ2n) is 4.15. The maximum absolute atomic E-state index is 12.1.